The second kappa shape index (κ2) is 18.1. The number of amides is 3. The summed E-state index contributed by atoms with van der Waals surface area (Å²) < 4.78 is 59.0. The number of aromatic nitrogens is 4. The maximum atomic E-state index is 12.6. The first-order valence-electron chi connectivity index (χ1n) is 20.8. The van der Waals surface area contributed by atoms with Gasteiger partial charge in [0.2, 0.25) is 31.2 Å². The van der Waals surface area contributed by atoms with Crippen molar-refractivity contribution in [2.45, 2.75) is 56.9 Å². The Kier molecular flexibility index (Phi) is 13.1. The molecule has 0 aliphatic carbocycles. The predicted octanol–water partition coefficient (Wildman–Crippen LogP) is -0.455. The molecule has 348 valence electrons. The summed E-state index contributed by atoms with van der Waals surface area (Å²) in [5, 5.41) is 29.9. The third kappa shape index (κ3) is 9.61. The lowest BCUT2D eigenvalue weighted by molar-refractivity contribution is -0.138. The molecule has 2 fully saturated rings. The molecule has 0 spiro atoms. The number of likely N-dealkylation sites (tertiary alicyclic amines) is 2. The molecule has 66 heavy (non-hydrogen) atoms. The molecular formula is C44H49N9O11S2. The first-order valence-corrected chi connectivity index (χ1v) is 24.5. The minimum atomic E-state index is -3.44. The smallest absolute Gasteiger partial charge is 0.359 e. The van der Waals surface area contributed by atoms with Gasteiger partial charge in [0.25, 0.3) is 17.7 Å². The fraction of sp³-hybridized carbons (Fsp3) is 0.409. The van der Waals surface area contributed by atoms with Gasteiger partial charge in [0, 0.05) is 101 Å². The summed E-state index contributed by atoms with van der Waals surface area (Å²) in [6.07, 6.45) is 3.46. The zero-order chi connectivity index (χ0) is 47.9. The number of rotatable bonds is 7. The highest BCUT2D eigenvalue weighted by atomic mass is 32.2. The highest BCUT2D eigenvalue weighted by Crippen LogP contribution is 2.30. The third-order valence-corrected chi connectivity index (χ3v) is 14.2. The van der Waals surface area contributed by atoms with Crippen LogP contribution in [0.2, 0.25) is 0 Å². The second-order valence-electron chi connectivity index (χ2n) is 16.4. The molecule has 2 atom stereocenters. The third-order valence-electron chi connectivity index (χ3n) is 11.7. The predicted molar refractivity (Wildman–Crippen MR) is 238 cm³/mol. The van der Waals surface area contributed by atoms with E-state index < -0.39 is 54.9 Å². The molecule has 4 N–H and O–H groups in total. The van der Waals surface area contributed by atoms with Gasteiger partial charge in [-0.1, -0.05) is 35.8 Å². The molecule has 22 heteroatoms. The van der Waals surface area contributed by atoms with Crippen molar-refractivity contribution in [2.24, 2.45) is 5.73 Å². The minimum absolute atomic E-state index is 0.0224. The van der Waals surface area contributed by atoms with Crippen molar-refractivity contribution >= 4 is 43.7 Å². The summed E-state index contributed by atoms with van der Waals surface area (Å²) >= 11 is 0. The lowest BCUT2D eigenvalue weighted by atomic mass is 10.0. The zero-order valence-corrected chi connectivity index (χ0v) is 38.6. The molecule has 0 unspecified atom stereocenters. The number of carbonyl (C=O) groups excluding carboxylic acids is 4. The average molecular weight is 944 g/mol. The highest BCUT2D eigenvalue weighted by Gasteiger charge is 2.43. The Bertz CT molecular complexity index is 3020. The van der Waals surface area contributed by atoms with E-state index >= 15 is 0 Å². The quantitative estimate of drug-likeness (QED) is 0.157. The topological polar surface area (TPSA) is 261 Å². The summed E-state index contributed by atoms with van der Waals surface area (Å²) in [4.78, 5) is 51.7. The van der Waals surface area contributed by atoms with E-state index in [2.05, 4.69) is 33.9 Å². The molecule has 4 aliphatic rings. The van der Waals surface area contributed by atoms with Crippen LogP contribution in [0, 0.1) is 23.7 Å². The number of benzene rings is 2. The monoisotopic (exact) mass is 943 g/mol. The van der Waals surface area contributed by atoms with Crippen molar-refractivity contribution in [3.05, 3.63) is 93.6 Å². The van der Waals surface area contributed by atoms with Crippen LogP contribution >= 0.6 is 0 Å². The zero-order valence-electron chi connectivity index (χ0n) is 36.9. The number of nitrogens with two attached hydrogens (primary N) is 1. The van der Waals surface area contributed by atoms with Gasteiger partial charge in [-0.3, -0.25) is 14.4 Å². The van der Waals surface area contributed by atoms with Gasteiger partial charge in [0.1, 0.15) is 0 Å². The lowest BCUT2D eigenvalue weighted by Crippen LogP contribution is -2.37. The van der Waals surface area contributed by atoms with Crippen LogP contribution in [0.25, 0.3) is 11.4 Å². The lowest BCUT2D eigenvalue weighted by Gasteiger charge is -2.25. The van der Waals surface area contributed by atoms with E-state index in [9.17, 15) is 46.2 Å². The normalized spacial score (nSPS) is 20.9. The van der Waals surface area contributed by atoms with E-state index in [-0.39, 0.29) is 57.0 Å². The minimum Gasteiger partial charge on any atom is -0.461 e. The fourth-order valence-corrected chi connectivity index (χ4v) is 9.64. The Morgan fingerprint density at radius 3 is 1.53 bits per heavy atom. The fourth-order valence-electron chi connectivity index (χ4n) is 8.06. The van der Waals surface area contributed by atoms with Crippen molar-refractivity contribution in [1.82, 2.24) is 38.0 Å². The number of hydrogen-bond donors (Lipinski definition) is 3. The number of nitrogens with zero attached hydrogens (tertiary/aromatic N) is 8. The van der Waals surface area contributed by atoms with Gasteiger partial charge >= 0.3 is 5.97 Å². The van der Waals surface area contributed by atoms with Gasteiger partial charge in [-0.15, -0.1) is 0 Å². The summed E-state index contributed by atoms with van der Waals surface area (Å²) in [5.74, 6) is 8.90. The summed E-state index contributed by atoms with van der Waals surface area (Å²) in [6.45, 7) is 3.30. The number of hydrogen-bond acceptors (Lipinski definition) is 13. The van der Waals surface area contributed by atoms with E-state index in [4.69, 9.17) is 10.5 Å². The Morgan fingerprint density at radius 1 is 0.727 bits per heavy atom. The molecule has 20 nitrogen and oxygen atoms in total. The molecule has 2 aromatic carbocycles. The van der Waals surface area contributed by atoms with Gasteiger partial charge in [-0.2, -0.15) is 18.8 Å². The largest absolute Gasteiger partial charge is 0.461 e. The van der Waals surface area contributed by atoms with Crippen LogP contribution in [0.3, 0.4) is 0 Å². The molecule has 2 aromatic heterocycles. The van der Waals surface area contributed by atoms with Crippen LogP contribution in [-0.2, 0) is 60.3 Å². The van der Waals surface area contributed by atoms with Gasteiger partial charge < -0.3 is 30.5 Å². The molecular weight excluding hydrogens is 895 g/mol. The molecule has 3 amide bonds. The molecule has 6 heterocycles. The number of aliphatic hydroxyl groups is 2. The number of ether oxygens (including phenoxy) is 1. The maximum Gasteiger partial charge on any atom is 0.359 e. The number of sulfonamides is 2. The first-order chi connectivity index (χ1) is 31.0. The van der Waals surface area contributed by atoms with Crippen molar-refractivity contribution in [3.63, 3.8) is 0 Å². The van der Waals surface area contributed by atoms with Crippen LogP contribution in [0.5, 0.6) is 0 Å². The van der Waals surface area contributed by atoms with Gasteiger partial charge in [-0.25, -0.2) is 31.0 Å². The molecule has 8 rings (SSSR count). The molecule has 0 bridgehead atoms. The SMILES string of the molecule is CCOC(=O)c1nn(-c2cccc(C#C[C@]3(O)CCN(C)C3=O)c2)c2c1CN(S(C)(=O)=O)CC2.CN1CC[C@@](O)(C#Cc2cccc(-n3nc(C(N)=O)c4c3CCN(S(C)(=O)=O)C4)c2)C1=O. The van der Waals surface area contributed by atoms with Crippen LogP contribution in [0.1, 0.15) is 74.4 Å². The van der Waals surface area contributed by atoms with E-state index in [0.717, 1.165) is 18.2 Å². The number of fused-ring (bicyclic) bond motifs is 2. The standard InChI is InChI=1S/C23H26N4O6S.C21H23N5O5S/c1-4-33-21(28)20-18-15-26(34(3,31)32)12-9-19(18)27(24-20)17-7-5-6-16(14-17)8-10-23(30)11-13-25(2)22(23)29;1-24-11-9-21(29,20(24)28)8-6-14-4-3-5-15(12-14)26-17-7-10-25(32(2,30)31)13-16(17)18(23-26)19(22)27/h5-7,14,30H,4,9,11-13,15H2,1-3H3;3-5,12,29H,7,9-11,13H2,1-2H3,(H2,22,27)/t23-;21-/m00/s1. The second-order valence-corrected chi connectivity index (χ2v) is 20.4. The van der Waals surface area contributed by atoms with E-state index in [0.29, 0.717) is 65.3 Å². The summed E-state index contributed by atoms with van der Waals surface area (Å²) in [5.41, 5.74) is 6.96. The van der Waals surface area contributed by atoms with Crippen molar-refractivity contribution in [1.29, 1.82) is 0 Å². The van der Waals surface area contributed by atoms with Crippen LogP contribution in [0.15, 0.2) is 48.5 Å². The van der Waals surface area contributed by atoms with Crippen LogP contribution < -0.4 is 5.73 Å². The van der Waals surface area contributed by atoms with E-state index in [1.165, 1.54) is 18.4 Å². The average Bonchev–Trinajstić information content (AvgIpc) is 4.00. The Morgan fingerprint density at radius 2 is 1.15 bits per heavy atom. The maximum absolute atomic E-state index is 12.6. The van der Waals surface area contributed by atoms with Crippen LogP contribution in [-0.4, -0.2) is 159 Å². The van der Waals surface area contributed by atoms with E-state index in [1.54, 1.807) is 78.9 Å². The van der Waals surface area contributed by atoms with E-state index in [1.807, 2.05) is 0 Å². The van der Waals surface area contributed by atoms with Crippen molar-refractivity contribution < 1.29 is 51.0 Å². The molecule has 4 aromatic rings. The Hall–Kier alpha value is -6.40. The number of carbonyl (C=O) groups is 4. The van der Waals surface area contributed by atoms with Gasteiger partial charge in [-0.05, 0) is 43.3 Å². The Labute approximate surface area is 382 Å². The highest BCUT2D eigenvalue weighted by molar-refractivity contribution is 7.88. The number of primary amides is 1. The summed E-state index contributed by atoms with van der Waals surface area (Å²) in [7, 11) is -3.64. The van der Waals surface area contributed by atoms with Crippen molar-refractivity contribution in [3.8, 4) is 35.1 Å². The first kappa shape index (κ1) is 47.6. The molecule has 4 aliphatic heterocycles. The van der Waals surface area contributed by atoms with Crippen LogP contribution in [0.4, 0.5) is 0 Å². The number of likely N-dealkylation sites (N-methyl/N-ethyl adjacent to an activating group) is 2. The molecule has 0 saturated carbocycles. The summed E-state index contributed by atoms with van der Waals surface area (Å²) in [6, 6.07) is 14.0. The Balaban J connectivity index is 0.000000197. The molecule has 2 saturated heterocycles. The van der Waals surface area contributed by atoms with Gasteiger partial charge in [0.15, 0.2) is 11.4 Å². The van der Waals surface area contributed by atoms with Crippen molar-refractivity contribution in [2.75, 3.05) is 59.4 Å². The van der Waals surface area contributed by atoms with Gasteiger partial charge in [0.05, 0.1) is 41.9 Å². The number of esters is 1. The molecule has 0 radical (unpaired) electrons.